The SMILES string of the molecule is NCCC(N)C1CCC(CC(=O)NC2Cc3cccc(CO)c3OB2O)CC1. The first kappa shape index (κ1) is 21.1. The molecular formula is C20H32BN3O4. The molecule has 0 spiro atoms. The second-order valence-electron chi connectivity index (χ2n) is 8.18. The Morgan fingerprint density at radius 2 is 2.07 bits per heavy atom. The van der Waals surface area contributed by atoms with Crippen molar-refractivity contribution < 1.29 is 19.6 Å². The number of amides is 1. The number of benzene rings is 1. The number of nitrogens with two attached hydrogens (primary N) is 2. The van der Waals surface area contributed by atoms with Crippen molar-refractivity contribution in [2.45, 2.75) is 63.5 Å². The Balaban J connectivity index is 1.49. The van der Waals surface area contributed by atoms with Gasteiger partial charge in [0.05, 0.1) is 12.5 Å². The standard InChI is InChI=1S/C20H32BN3O4/c22-9-8-17(23)14-6-4-13(5-7-14)10-19(26)24-18-11-15-2-1-3-16(12-25)20(15)28-21(18)27/h1-3,13-14,17-18,25,27H,4-12,22-23H2,(H,24,26). The Bertz CT molecular complexity index is 667. The van der Waals surface area contributed by atoms with E-state index in [1.54, 1.807) is 6.07 Å². The van der Waals surface area contributed by atoms with E-state index in [0.29, 0.717) is 42.5 Å². The summed E-state index contributed by atoms with van der Waals surface area (Å²) in [5.41, 5.74) is 13.3. The van der Waals surface area contributed by atoms with E-state index in [1.807, 2.05) is 12.1 Å². The summed E-state index contributed by atoms with van der Waals surface area (Å²) in [6.07, 6.45) is 5.90. The molecule has 7 nitrogen and oxygen atoms in total. The first-order valence-corrected chi connectivity index (χ1v) is 10.3. The zero-order valence-electron chi connectivity index (χ0n) is 16.3. The van der Waals surface area contributed by atoms with E-state index in [1.165, 1.54) is 0 Å². The number of hydrogen-bond acceptors (Lipinski definition) is 6. The van der Waals surface area contributed by atoms with Gasteiger partial charge in [-0.3, -0.25) is 4.79 Å². The maximum Gasteiger partial charge on any atom is 0.547 e. The van der Waals surface area contributed by atoms with Gasteiger partial charge in [0, 0.05) is 18.0 Å². The second kappa shape index (κ2) is 9.74. The van der Waals surface area contributed by atoms with Gasteiger partial charge in [-0.1, -0.05) is 18.2 Å². The van der Waals surface area contributed by atoms with Crippen LogP contribution in [-0.2, 0) is 17.8 Å². The van der Waals surface area contributed by atoms with Crippen molar-refractivity contribution in [1.29, 1.82) is 0 Å². The van der Waals surface area contributed by atoms with Crippen LogP contribution < -0.4 is 21.4 Å². The molecule has 1 heterocycles. The van der Waals surface area contributed by atoms with Gasteiger partial charge in [0.25, 0.3) is 0 Å². The number of nitrogens with one attached hydrogen (secondary N) is 1. The Morgan fingerprint density at radius 3 is 2.75 bits per heavy atom. The maximum absolute atomic E-state index is 12.5. The molecule has 1 fully saturated rings. The molecule has 0 saturated heterocycles. The van der Waals surface area contributed by atoms with Crippen molar-refractivity contribution >= 4 is 13.0 Å². The quantitative estimate of drug-likeness (QED) is 0.432. The molecule has 0 radical (unpaired) electrons. The summed E-state index contributed by atoms with van der Waals surface area (Å²) in [5, 5.41) is 22.6. The van der Waals surface area contributed by atoms with Crippen molar-refractivity contribution in [3.63, 3.8) is 0 Å². The maximum atomic E-state index is 12.5. The van der Waals surface area contributed by atoms with Crippen LogP contribution in [0, 0.1) is 11.8 Å². The van der Waals surface area contributed by atoms with Crippen LogP contribution in [0.2, 0.25) is 0 Å². The number of hydrogen-bond donors (Lipinski definition) is 5. The van der Waals surface area contributed by atoms with Crippen LogP contribution in [0.25, 0.3) is 0 Å². The molecule has 1 aromatic rings. The lowest BCUT2D eigenvalue weighted by atomic mass is 9.72. The first-order chi connectivity index (χ1) is 13.5. The number of aliphatic hydroxyl groups is 1. The van der Waals surface area contributed by atoms with Crippen LogP contribution in [0.15, 0.2) is 18.2 Å². The van der Waals surface area contributed by atoms with Crippen LogP contribution in [0.4, 0.5) is 0 Å². The molecule has 8 heteroatoms. The predicted molar refractivity (Wildman–Crippen MR) is 108 cm³/mol. The molecule has 154 valence electrons. The minimum atomic E-state index is -1.12. The van der Waals surface area contributed by atoms with Crippen molar-refractivity contribution in [1.82, 2.24) is 5.32 Å². The number of carbonyl (C=O) groups is 1. The zero-order chi connectivity index (χ0) is 20.1. The highest BCUT2D eigenvalue weighted by Gasteiger charge is 2.37. The van der Waals surface area contributed by atoms with Gasteiger partial charge in [0.15, 0.2) is 0 Å². The Labute approximate surface area is 167 Å². The number of carbonyl (C=O) groups excluding carboxylic acids is 1. The molecule has 2 aliphatic rings. The zero-order valence-corrected chi connectivity index (χ0v) is 16.3. The highest BCUT2D eigenvalue weighted by Crippen LogP contribution is 2.33. The minimum absolute atomic E-state index is 0.0517. The lowest BCUT2D eigenvalue weighted by Crippen LogP contribution is -2.53. The fraction of sp³-hybridized carbons (Fsp3) is 0.650. The van der Waals surface area contributed by atoms with Crippen molar-refractivity contribution in [2.75, 3.05) is 6.54 Å². The van der Waals surface area contributed by atoms with E-state index in [-0.39, 0.29) is 18.6 Å². The molecule has 1 aliphatic heterocycles. The summed E-state index contributed by atoms with van der Waals surface area (Å²) in [6, 6.07) is 5.67. The molecule has 28 heavy (non-hydrogen) atoms. The van der Waals surface area contributed by atoms with Gasteiger partial charge >= 0.3 is 7.12 Å². The number of para-hydroxylation sites is 1. The average molecular weight is 389 g/mol. The summed E-state index contributed by atoms with van der Waals surface area (Å²) in [4.78, 5) is 12.5. The fourth-order valence-corrected chi connectivity index (χ4v) is 4.51. The number of fused-ring (bicyclic) bond motifs is 1. The van der Waals surface area contributed by atoms with Crippen LogP contribution in [0.1, 0.15) is 49.7 Å². The van der Waals surface area contributed by atoms with Crippen LogP contribution in [0.3, 0.4) is 0 Å². The third kappa shape index (κ3) is 5.05. The lowest BCUT2D eigenvalue weighted by molar-refractivity contribution is -0.122. The van der Waals surface area contributed by atoms with Gasteiger partial charge in [-0.2, -0.15) is 0 Å². The highest BCUT2D eigenvalue weighted by molar-refractivity contribution is 6.46. The van der Waals surface area contributed by atoms with E-state index in [0.717, 1.165) is 37.7 Å². The molecule has 7 N–H and O–H groups in total. The largest absolute Gasteiger partial charge is 0.547 e. The summed E-state index contributed by atoms with van der Waals surface area (Å²) in [6.45, 7) is 0.475. The average Bonchev–Trinajstić information content (AvgIpc) is 2.69. The third-order valence-electron chi connectivity index (χ3n) is 6.19. The van der Waals surface area contributed by atoms with Gasteiger partial charge < -0.3 is 31.6 Å². The van der Waals surface area contributed by atoms with Crippen LogP contribution >= 0.6 is 0 Å². The Morgan fingerprint density at radius 1 is 1.32 bits per heavy atom. The van der Waals surface area contributed by atoms with Crippen molar-refractivity contribution in [3.8, 4) is 5.75 Å². The van der Waals surface area contributed by atoms with Crippen LogP contribution in [0.5, 0.6) is 5.75 Å². The normalized spacial score (nSPS) is 25.6. The first-order valence-electron chi connectivity index (χ1n) is 10.3. The molecule has 1 aromatic carbocycles. The van der Waals surface area contributed by atoms with Gasteiger partial charge in [0.1, 0.15) is 5.75 Å². The smallest absolute Gasteiger partial charge is 0.534 e. The molecule has 1 aliphatic carbocycles. The summed E-state index contributed by atoms with van der Waals surface area (Å²) in [5.74, 6) is 0.854. The fourth-order valence-electron chi connectivity index (χ4n) is 4.51. The number of rotatable bonds is 7. The monoisotopic (exact) mass is 389 g/mol. The number of aliphatic hydroxyl groups excluding tert-OH is 1. The molecule has 0 aromatic heterocycles. The lowest BCUT2D eigenvalue weighted by Gasteiger charge is -2.33. The molecule has 1 amide bonds. The van der Waals surface area contributed by atoms with E-state index >= 15 is 0 Å². The van der Waals surface area contributed by atoms with E-state index < -0.39 is 13.1 Å². The highest BCUT2D eigenvalue weighted by atomic mass is 16.5. The Kier molecular flexibility index (Phi) is 7.34. The topological polar surface area (TPSA) is 131 Å². The molecule has 0 bridgehead atoms. The molecule has 1 saturated carbocycles. The van der Waals surface area contributed by atoms with E-state index in [9.17, 15) is 14.9 Å². The molecule has 2 unspecified atom stereocenters. The van der Waals surface area contributed by atoms with Crippen LogP contribution in [-0.4, -0.2) is 41.7 Å². The summed E-state index contributed by atoms with van der Waals surface area (Å²) >= 11 is 0. The third-order valence-corrected chi connectivity index (χ3v) is 6.19. The van der Waals surface area contributed by atoms with Gasteiger partial charge in [-0.25, -0.2) is 0 Å². The summed E-state index contributed by atoms with van der Waals surface area (Å²) < 4.78 is 5.58. The molecular weight excluding hydrogens is 357 g/mol. The molecule has 2 atom stereocenters. The van der Waals surface area contributed by atoms with E-state index in [4.69, 9.17) is 16.1 Å². The van der Waals surface area contributed by atoms with Gasteiger partial charge in [-0.05, 0) is 62.5 Å². The summed E-state index contributed by atoms with van der Waals surface area (Å²) in [7, 11) is -1.12. The Hall–Kier alpha value is -1.61. The van der Waals surface area contributed by atoms with E-state index in [2.05, 4.69) is 5.32 Å². The van der Waals surface area contributed by atoms with Gasteiger partial charge in [0.2, 0.25) is 5.91 Å². The predicted octanol–water partition coefficient (Wildman–Crippen LogP) is 0.491. The van der Waals surface area contributed by atoms with Gasteiger partial charge in [-0.15, -0.1) is 0 Å². The molecule has 3 rings (SSSR count). The minimum Gasteiger partial charge on any atom is -0.534 e. The van der Waals surface area contributed by atoms with Crippen molar-refractivity contribution in [2.24, 2.45) is 23.3 Å². The second-order valence-corrected chi connectivity index (χ2v) is 8.18. The van der Waals surface area contributed by atoms with Crippen molar-refractivity contribution in [3.05, 3.63) is 29.3 Å².